The Labute approximate surface area is 134 Å². The summed E-state index contributed by atoms with van der Waals surface area (Å²) in [4.78, 5) is 24.5. The first-order chi connectivity index (χ1) is 9.99. The molecule has 0 N–H and O–H groups in total. The quantitative estimate of drug-likeness (QED) is 0.664. The predicted octanol–water partition coefficient (Wildman–Crippen LogP) is 4.11. The zero-order valence-corrected chi connectivity index (χ0v) is 15.2. The van der Waals surface area contributed by atoms with Crippen molar-refractivity contribution in [1.29, 1.82) is 0 Å². The van der Waals surface area contributed by atoms with E-state index in [1.165, 1.54) is 0 Å². The fraction of sp³-hybridized carbons (Fsp3) is 0.889. The topological polar surface area (TPSA) is 52.6 Å². The molecule has 0 spiro atoms. The highest BCUT2D eigenvalue weighted by Crippen LogP contribution is 2.50. The van der Waals surface area contributed by atoms with Crippen LogP contribution in [0.3, 0.4) is 0 Å². The van der Waals surface area contributed by atoms with E-state index >= 15 is 0 Å². The summed E-state index contributed by atoms with van der Waals surface area (Å²) in [6, 6.07) is 0. The number of cyclic esters (lactones) is 1. The van der Waals surface area contributed by atoms with Crippen LogP contribution in [-0.4, -0.2) is 24.6 Å². The molecule has 0 amide bonds. The molecule has 1 aliphatic heterocycles. The van der Waals surface area contributed by atoms with Crippen LogP contribution in [0.15, 0.2) is 0 Å². The molecule has 0 aromatic carbocycles. The summed E-state index contributed by atoms with van der Waals surface area (Å²) in [5.74, 6) is -0.690. The van der Waals surface area contributed by atoms with E-state index in [0.717, 1.165) is 19.3 Å². The van der Waals surface area contributed by atoms with Crippen LogP contribution in [0.25, 0.3) is 0 Å². The summed E-state index contributed by atoms with van der Waals surface area (Å²) in [5, 5.41) is 0. The molecule has 1 rings (SSSR count). The molecule has 1 aliphatic rings. The van der Waals surface area contributed by atoms with Crippen molar-refractivity contribution in [2.75, 3.05) is 6.61 Å². The summed E-state index contributed by atoms with van der Waals surface area (Å²) in [5.41, 5.74) is -0.806. The Bertz CT molecular complexity index is 425. The summed E-state index contributed by atoms with van der Waals surface area (Å²) in [6.45, 7) is 15.1. The molecule has 22 heavy (non-hydrogen) atoms. The van der Waals surface area contributed by atoms with Crippen LogP contribution in [0.2, 0.25) is 0 Å². The Morgan fingerprint density at radius 2 is 1.77 bits per heavy atom. The van der Waals surface area contributed by atoms with E-state index in [1.807, 2.05) is 6.92 Å². The maximum Gasteiger partial charge on any atom is 0.347 e. The summed E-state index contributed by atoms with van der Waals surface area (Å²) < 4.78 is 10.5. The van der Waals surface area contributed by atoms with Crippen molar-refractivity contribution in [3.63, 3.8) is 0 Å². The predicted molar refractivity (Wildman–Crippen MR) is 86.3 cm³/mol. The number of carbonyl (C=O) groups is 2. The van der Waals surface area contributed by atoms with Gasteiger partial charge in [-0.15, -0.1) is 0 Å². The van der Waals surface area contributed by atoms with E-state index in [9.17, 15) is 9.59 Å². The van der Waals surface area contributed by atoms with E-state index in [1.54, 1.807) is 0 Å². The van der Waals surface area contributed by atoms with Crippen LogP contribution < -0.4 is 0 Å². The average molecular weight is 312 g/mol. The van der Waals surface area contributed by atoms with Gasteiger partial charge in [-0.2, -0.15) is 0 Å². The maximum absolute atomic E-state index is 12.9. The largest absolute Gasteiger partial charge is 0.463 e. The van der Waals surface area contributed by atoms with Crippen molar-refractivity contribution >= 4 is 11.9 Å². The molecule has 0 saturated carbocycles. The third-order valence-corrected chi connectivity index (χ3v) is 5.75. The molecule has 0 aliphatic carbocycles. The fourth-order valence-corrected chi connectivity index (χ4v) is 2.90. The first-order valence-corrected chi connectivity index (χ1v) is 8.37. The van der Waals surface area contributed by atoms with Gasteiger partial charge in [0.25, 0.3) is 0 Å². The monoisotopic (exact) mass is 312 g/mol. The minimum atomic E-state index is -0.732. The van der Waals surface area contributed by atoms with Gasteiger partial charge in [-0.3, -0.25) is 4.79 Å². The Kier molecular flexibility index (Phi) is 5.69. The van der Waals surface area contributed by atoms with E-state index < -0.39 is 17.5 Å². The summed E-state index contributed by atoms with van der Waals surface area (Å²) in [7, 11) is 0. The number of carbonyl (C=O) groups excluding carboxylic acids is 2. The number of rotatable bonds is 7. The lowest BCUT2D eigenvalue weighted by atomic mass is 9.58. The lowest BCUT2D eigenvalue weighted by Gasteiger charge is -2.46. The molecule has 0 bridgehead atoms. The molecule has 2 atom stereocenters. The van der Waals surface area contributed by atoms with Gasteiger partial charge in [-0.25, -0.2) is 4.79 Å². The number of ether oxygens (including phenoxy) is 2. The van der Waals surface area contributed by atoms with E-state index in [-0.39, 0.29) is 16.8 Å². The van der Waals surface area contributed by atoms with Crippen LogP contribution in [0, 0.1) is 16.2 Å². The maximum atomic E-state index is 12.9. The Balaban J connectivity index is 3.03. The molecular weight excluding hydrogens is 280 g/mol. The van der Waals surface area contributed by atoms with Gasteiger partial charge in [0, 0.05) is 6.42 Å². The molecule has 128 valence electrons. The van der Waals surface area contributed by atoms with Crippen molar-refractivity contribution in [3.05, 3.63) is 0 Å². The molecule has 0 aromatic heterocycles. The van der Waals surface area contributed by atoms with Gasteiger partial charge in [-0.05, 0) is 30.6 Å². The fourth-order valence-electron chi connectivity index (χ4n) is 2.90. The lowest BCUT2D eigenvalue weighted by Crippen LogP contribution is -2.47. The summed E-state index contributed by atoms with van der Waals surface area (Å²) >= 11 is 0. The first kappa shape index (κ1) is 19.0. The third kappa shape index (κ3) is 3.82. The lowest BCUT2D eigenvalue weighted by molar-refractivity contribution is -0.176. The number of hydrogen-bond acceptors (Lipinski definition) is 4. The minimum Gasteiger partial charge on any atom is -0.463 e. The third-order valence-electron chi connectivity index (χ3n) is 5.75. The van der Waals surface area contributed by atoms with Gasteiger partial charge in [0.2, 0.25) is 6.10 Å². The van der Waals surface area contributed by atoms with Crippen LogP contribution in [0.1, 0.15) is 74.1 Å². The van der Waals surface area contributed by atoms with Crippen molar-refractivity contribution in [2.45, 2.75) is 80.3 Å². The highest BCUT2D eigenvalue weighted by atomic mass is 16.6. The molecular formula is C18H32O4. The van der Waals surface area contributed by atoms with Gasteiger partial charge in [0.1, 0.15) is 0 Å². The van der Waals surface area contributed by atoms with Crippen LogP contribution in [-0.2, 0) is 19.1 Å². The standard InChI is InChI=1S/C18H32O4/c1-8-16(3,4)12-18(7,17(5,6)9-2)15(20)22-13-10-11-21-14(13)19/h13H,8-12H2,1-7H3. The second-order valence-electron chi connectivity index (χ2n) is 8.11. The second-order valence-corrected chi connectivity index (χ2v) is 8.11. The minimum absolute atomic E-state index is 0.0381. The van der Waals surface area contributed by atoms with Gasteiger partial charge in [0.05, 0.1) is 12.0 Å². The molecule has 1 fully saturated rings. The average Bonchev–Trinajstić information content (AvgIpc) is 2.83. The Hall–Kier alpha value is -1.06. The number of hydrogen-bond donors (Lipinski definition) is 0. The van der Waals surface area contributed by atoms with Crippen molar-refractivity contribution in [1.82, 2.24) is 0 Å². The molecule has 1 heterocycles. The van der Waals surface area contributed by atoms with Crippen LogP contribution in [0.4, 0.5) is 0 Å². The van der Waals surface area contributed by atoms with Crippen molar-refractivity contribution < 1.29 is 19.1 Å². The smallest absolute Gasteiger partial charge is 0.347 e. The summed E-state index contributed by atoms with van der Waals surface area (Å²) in [6.07, 6.45) is 2.32. The molecule has 1 saturated heterocycles. The molecule has 4 nitrogen and oxygen atoms in total. The van der Waals surface area contributed by atoms with Gasteiger partial charge in [0.15, 0.2) is 0 Å². The zero-order valence-electron chi connectivity index (χ0n) is 15.2. The van der Waals surface area contributed by atoms with E-state index in [4.69, 9.17) is 9.47 Å². The highest BCUT2D eigenvalue weighted by Gasteiger charge is 2.51. The molecule has 2 unspecified atom stereocenters. The van der Waals surface area contributed by atoms with Crippen LogP contribution in [0.5, 0.6) is 0 Å². The first-order valence-electron chi connectivity index (χ1n) is 8.37. The van der Waals surface area contributed by atoms with Crippen LogP contribution >= 0.6 is 0 Å². The van der Waals surface area contributed by atoms with Gasteiger partial charge >= 0.3 is 11.9 Å². The van der Waals surface area contributed by atoms with E-state index in [0.29, 0.717) is 13.0 Å². The Morgan fingerprint density at radius 1 is 1.18 bits per heavy atom. The van der Waals surface area contributed by atoms with Gasteiger partial charge in [-0.1, -0.05) is 48.0 Å². The molecule has 0 radical (unpaired) electrons. The second kappa shape index (κ2) is 6.59. The van der Waals surface area contributed by atoms with Crippen molar-refractivity contribution in [3.8, 4) is 0 Å². The van der Waals surface area contributed by atoms with Crippen molar-refractivity contribution in [2.24, 2.45) is 16.2 Å². The highest BCUT2D eigenvalue weighted by molar-refractivity contribution is 5.83. The van der Waals surface area contributed by atoms with Gasteiger partial charge < -0.3 is 9.47 Å². The molecule has 0 aromatic rings. The zero-order chi connectivity index (χ0) is 17.2. The van der Waals surface area contributed by atoms with E-state index in [2.05, 4.69) is 41.5 Å². The SMILES string of the molecule is CCC(C)(C)CC(C)(C(=O)OC1CCOC1=O)C(C)(C)CC. The molecule has 4 heteroatoms. The Morgan fingerprint density at radius 3 is 2.18 bits per heavy atom. The normalized spacial score (nSPS) is 22.1. The number of esters is 2.